The lowest BCUT2D eigenvalue weighted by molar-refractivity contribution is -0.140. The van der Waals surface area contributed by atoms with E-state index in [1.54, 1.807) is 6.08 Å². The molecule has 4 aliphatic carbocycles. The van der Waals surface area contributed by atoms with Gasteiger partial charge in [-0.15, -0.1) is 0 Å². The first kappa shape index (κ1) is 15.6. The van der Waals surface area contributed by atoms with E-state index in [0.717, 1.165) is 32.1 Å². The number of hydrogen-bond acceptors (Lipinski definition) is 3. The molecule has 126 valence electrons. The highest BCUT2D eigenvalue weighted by Gasteiger charge is 2.61. The van der Waals surface area contributed by atoms with Crippen molar-refractivity contribution in [3.05, 3.63) is 12.2 Å². The molecule has 3 heteroatoms. The van der Waals surface area contributed by atoms with Gasteiger partial charge in [0.15, 0.2) is 5.78 Å². The van der Waals surface area contributed by atoms with Crippen molar-refractivity contribution in [1.29, 1.82) is 0 Å². The largest absolute Gasteiger partial charge is 0.396 e. The molecule has 0 aromatic carbocycles. The minimum atomic E-state index is -0.126. The average molecular weight is 316 g/mol. The van der Waals surface area contributed by atoms with Crippen molar-refractivity contribution in [2.45, 2.75) is 52.4 Å². The molecule has 3 saturated carbocycles. The lowest BCUT2D eigenvalue weighted by Gasteiger charge is -2.60. The summed E-state index contributed by atoms with van der Waals surface area (Å²) in [5, 5.41) is 9.98. The number of carbonyl (C=O) groups is 2. The van der Waals surface area contributed by atoms with Crippen LogP contribution in [-0.2, 0) is 9.59 Å². The van der Waals surface area contributed by atoms with Gasteiger partial charge in [-0.25, -0.2) is 0 Å². The van der Waals surface area contributed by atoms with E-state index in [9.17, 15) is 14.7 Å². The predicted octanol–water partition coefficient (Wildman–Crippen LogP) is 3.16. The third-order valence-corrected chi connectivity index (χ3v) is 8.17. The van der Waals surface area contributed by atoms with E-state index in [1.807, 2.05) is 0 Å². The van der Waals surface area contributed by atoms with Gasteiger partial charge in [0.1, 0.15) is 5.78 Å². The van der Waals surface area contributed by atoms with Gasteiger partial charge in [-0.1, -0.05) is 19.9 Å². The summed E-state index contributed by atoms with van der Waals surface area (Å²) in [4.78, 5) is 24.4. The molecule has 2 unspecified atom stereocenters. The fourth-order valence-electron chi connectivity index (χ4n) is 6.85. The highest BCUT2D eigenvalue weighted by molar-refractivity contribution is 5.91. The number of rotatable bonds is 1. The van der Waals surface area contributed by atoms with E-state index in [2.05, 4.69) is 19.9 Å². The first-order chi connectivity index (χ1) is 10.9. The van der Waals surface area contributed by atoms with Crippen molar-refractivity contribution in [2.24, 2.45) is 40.4 Å². The van der Waals surface area contributed by atoms with Gasteiger partial charge in [0.25, 0.3) is 0 Å². The Hall–Kier alpha value is -0.960. The Labute approximate surface area is 138 Å². The van der Waals surface area contributed by atoms with Crippen LogP contribution < -0.4 is 0 Å². The van der Waals surface area contributed by atoms with Crippen molar-refractivity contribution < 1.29 is 14.7 Å². The summed E-state index contributed by atoms with van der Waals surface area (Å²) in [6, 6.07) is 0. The van der Waals surface area contributed by atoms with Gasteiger partial charge in [0.2, 0.25) is 0 Å². The van der Waals surface area contributed by atoms with Crippen LogP contribution in [-0.4, -0.2) is 23.3 Å². The van der Waals surface area contributed by atoms with Crippen LogP contribution in [0.1, 0.15) is 52.4 Å². The van der Waals surface area contributed by atoms with Crippen molar-refractivity contribution >= 4 is 11.6 Å². The standard InChI is InChI=1S/C20H28O3/c1-19-7-5-13(22)10-17(19)12(11-21)9-14-15-3-4-18(23)20(15,2)8-6-16(14)19/h5,7,12,14-17,21H,3-4,6,8-11H2,1-2H3/t12?,14-,15-,16-,17?,19+,20-/m0/s1. The topological polar surface area (TPSA) is 54.4 Å². The third-order valence-electron chi connectivity index (χ3n) is 8.17. The van der Waals surface area contributed by atoms with Crippen LogP contribution in [0.4, 0.5) is 0 Å². The maximum absolute atomic E-state index is 12.5. The molecule has 23 heavy (non-hydrogen) atoms. The minimum absolute atomic E-state index is 0.0111. The summed E-state index contributed by atoms with van der Waals surface area (Å²) in [7, 11) is 0. The third kappa shape index (κ3) is 1.98. The smallest absolute Gasteiger partial charge is 0.155 e. The van der Waals surface area contributed by atoms with Crippen LogP contribution in [0.3, 0.4) is 0 Å². The Bertz CT molecular complexity index is 579. The van der Waals surface area contributed by atoms with Crippen LogP contribution in [0.5, 0.6) is 0 Å². The number of allylic oxidation sites excluding steroid dienone is 2. The van der Waals surface area contributed by atoms with Crippen molar-refractivity contribution in [1.82, 2.24) is 0 Å². The van der Waals surface area contributed by atoms with Gasteiger partial charge in [0, 0.05) is 24.9 Å². The number of carbonyl (C=O) groups excluding carboxylic acids is 2. The monoisotopic (exact) mass is 316 g/mol. The van der Waals surface area contributed by atoms with Crippen LogP contribution in [0, 0.1) is 40.4 Å². The van der Waals surface area contributed by atoms with Gasteiger partial charge in [0.05, 0.1) is 0 Å². The molecule has 0 amide bonds. The molecular weight excluding hydrogens is 288 g/mol. The van der Waals surface area contributed by atoms with Gasteiger partial charge in [-0.05, 0) is 66.8 Å². The Kier molecular flexibility index (Phi) is 3.39. The zero-order valence-corrected chi connectivity index (χ0v) is 14.3. The Morgan fingerprint density at radius 3 is 2.70 bits per heavy atom. The van der Waals surface area contributed by atoms with Crippen LogP contribution in [0.25, 0.3) is 0 Å². The van der Waals surface area contributed by atoms with Crippen LogP contribution >= 0.6 is 0 Å². The second kappa shape index (κ2) is 5.02. The summed E-state index contributed by atoms with van der Waals surface area (Å²) in [6.07, 6.45) is 9.38. The van der Waals surface area contributed by atoms with Gasteiger partial charge >= 0.3 is 0 Å². The number of aliphatic hydroxyl groups is 1. The zero-order chi connectivity index (χ0) is 16.4. The molecule has 0 saturated heterocycles. The summed E-state index contributed by atoms with van der Waals surface area (Å²) < 4.78 is 0. The van der Waals surface area contributed by atoms with Gasteiger partial charge in [-0.2, -0.15) is 0 Å². The molecular formula is C20H28O3. The summed E-state index contributed by atoms with van der Waals surface area (Å²) in [5.41, 5.74) is -0.115. The molecule has 0 bridgehead atoms. The van der Waals surface area contributed by atoms with Crippen LogP contribution in [0.15, 0.2) is 12.2 Å². The molecule has 0 aromatic heterocycles. The summed E-state index contributed by atoms with van der Waals surface area (Å²) in [5.74, 6) is 2.71. The van der Waals surface area contributed by atoms with Gasteiger partial charge in [-0.3, -0.25) is 9.59 Å². The van der Waals surface area contributed by atoms with Gasteiger partial charge < -0.3 is 5.11 Å². The van der Waals surface area contributed by atoms with E-state index in [4.69, 9.17) is 0 Å². The Morgan fingerprint density at radius 1 is 1.17 bits per heavy atom. The average Bonchev–Trinajstić information content (AvgIpc) is 2.83. The Balaban J connectivity index is 1.74. The molecule has 3 fully saturated rings. The molecule has 4 aliphatic rings. The highest BCUT2D eigenvalue weighted by Crippen LogP contribution is 2.65. The normalized spacial score (nSPS) is 52.0. The predicted molar refractivity (Wildman–Crippen MR) is 87.6 cm³/mol. The zero-order valence-electron chi connectivity index (χ0n) is 14.3. The first-order valence-corrected chi connectivity index (χ1v) is 9.26. The molecule has 4 rings (SSSR count). The number of ketones is 2. The number of Topliss-reactive ketones (excluding diaryl/α,β-unsaturated/α-hetero) is 1. The molecule has 7 atom stereocenters. The fraction of sp³-hybridized carbons (Fsp3) is 0.800. The minimum Gasteiger partial charge on any atom is -0.396 e. The molecule has 0 radical (unpaired) electrons. The SMILES string of the molecule is C[C@]12C=CC(=O)CC1C(CO)C[C@@H]1[C@@H]2CC[C@]2(C)C(=O)CC[C@@H]12. The van der Waals surface area contributed by atoms with Crippen molar-refractivity contribution in [3.8, 4) is 0 Å². The maximum atomic E-state index is 12.5. The van der Waals surface area contributed by atoms with Crippen molar-refractivity contribution in [3.63, 3.8) is 0 Å². The number of aliphatic hydroxyl groups excluding tert-OH is 1. The molecule has 3 nitrogen and oxygen atoms in total. The lowest BCUT2D eigenvalue weighted by atomic mass is 9.44. The van der Waals surface area contributed by atoms with E-state index in [0.29, 0.717) is 30.0 Å². The molecule has 0 spiro atoms. The van der Waals surface area contributed by atoms with E-state index in [-0.39, 0.29) is 35.1 Å². The maximum Gasteiger partial charge on any atom is 0.155 e. The lowest BCUT2D eigenvalue weighted by Crippen LogP contribution is -2.55. The van der Waals surface area contributed by atoms with Crippen molar-refractivity contribution in [2.75, 3.05) is 6.61 Å². The fourth-order valence-corrected chi connectivity index (χ4v) is 6.85. The van der Waals surface area contributed by atoms with Crippen LogP contribution in [0.2, 0.25) is 0 Å². The summed E-state index contributed by atoms with van der Waals surface area (Å²) >= 11 is 0. The second-order valence-corrected chi connectivity index (χ2v) is 8.95. The quantitative estimate of drug-likeness (QED) is 0.808. The first-order valence-electron chi connectivity index (χ1n) is 9.26. The molecule has 0 heterocycles. The Morgan fingerprint density at radius 2 is 1.96 bits per heavy atom. The molecule has 0 aromatic rings. The van der Waals surface area contributed by atoms with E-state index < -0.39 is 0 Å². The van der Waals surface area contributed by atoms with E-state index in [1.165, 1.54) is 0 Å². The second-order valence-electron chi connectivity index (χ2n) is 8.95. The van der Waals surface area contributed by atoms with E-state index >= 15 is 0 Å². The molecule has 1 N–H and O–H groups in total. The highest BCUT2D eigenvalue weighted by atomic mass is 16.3. The molecule has 0 aliphatic heterocycles. The summed E-state index contributed by atoms with van der Waals surface area (Å²) in [6.45, 7) is 4.66. The number of fused-ring (bicyclic) bond motifs is 5. The number of hydrogen-bond donors (Lipinski definition) is 1.